The molecule has 9 heteroatoms. The summed E-state index contributed by atoms with van der Waals surface area (Å²) in [4.78, 5) is 14.1. The lowest BCUT2D eigenvalue weighted by molar-refractivity contribution is 0.0873. The number of nitrogens with one attached hydrogen (secondary N) is 2. The smallest absolute Gasteiger partial charge is 0.285 e. The monoisotopic (exact) mass is 428 g/mol. The highest BCUT2D eigenvalue weighted by Crippen LogP contribution is 2.29. The van der Waals surface area contributed by atoms with Gasteiger partial charge < -0.3 is 15.5 Å². The number of benzene rings is 1. The number of sulfonamides is 1. The summed E-state index contributed by atoms with van der Waals surface area (Å²) in [5, 5.41) is 6.62. The van der Waals surface area contributed by atoms with Crippen molar-refractivity contribution in [1.82, 2.24) is 15.5 Å². The second-order valence-corrected chi connectivity index (χ2v) is 10.8. The molecular formula is C19H29ClN4O3S. The fourth-order valence-corrected chi connectivity index (χ4v) is 5.18. The standard InChI is InChI=1S/C19H29ClN4O3S/c1-18(2)10-14(11-19(3,4)23-18)22-17(25)13-7-8-15(20)16(9-13)28(26,27)21-12-24(5)6/h7-9,12,14,23H,10-11H2,1-6H3,(H,22,25)/b21-12+. The number of carbonyl (C=O) groups is 1. The molecule has 1 amide bonds. The number of carbonyl (C=O) groups excluding carboxylic acids is 1. The molecule has 156 valence electrons. The predicted octanol–water partition coefficient (Wildman–Crippen LogP) is 2.66. The fourth-order valence-electron chi connectivity index (χ4n) is 3.75. The number of nitrogens with zero attached hydrogens (tertiary/aromatic N) is 2. The molecule has 0 aliphatic carbocycles. The SMILES string of the molecule is CN(C)/C=N/S(=O)(=O)c1cc(C(=O)NC2CC(C)(C)NC(C)(C)C2)ccc1Cl. The normalized spacial score (nSPS) is 19.5. The molecule has 28 heavy (non-hydrogen) atoms. The van der Waals surface area contributed by atoms with Crippen LogP contribution >= 0.6 is 11.6 Å². The zero-order valence-electron chi connectivity index (χ0n) is 17.2. The molecule has 0 unspecified atom stereocenters. The third-order valence-electron chi connectivity index (χ3n) is 4.41. The Morgan fingerprint density at radius 2 is 1.82 bits per heavy atom. The van der Waals surface area contributed by atoms with E-state index in [1.807, 2.05) is 0 Å². The lowest BCUT2D eigenvalue weighted by Crippen LogP contribution is -2.62. The van der Waals surface area contributed by atoms with Crippen molar-refractivity contribution in [2.24, 2.45) is 4.40 Å². The van der Waals surface area contributed by atoms with Crippen LogP contribution in [0.3, 0.4) is 0 Å². The number of halogens is 1. The van der Waals surface area contributed by atoms with Crippen LogP contribution in [0.2, 0.25) is 5.02 Å². The van der Waals surface area contributed by atoms with E-state index < -0.39 is 10.0 Å². The zero-order chi connectivity index (χ0) is 21.3. The minimum absolute atomic E-state index is 0.0246. The Kier molecular flexibility index (Phi) is 6.47. The first kappa shape index (κ1) is 22.6. The summed E-state index contributed by atoms with van der Waals surface area (Å²) in [5.74, 6) is -0.330. The molecule has 0 aromatic heterocycles. The van der Waals surface area contributed by atoms with E-state index in [-0.39, 0.29) is 38.5 Å². The Balaban J connectivity index is 2.25. The Morgan fingerprint density at radius 1 is 1.25 bits per heavy atom. The van der Waals surface area contributed by atoms with Gasteiger partial charge in [0.1, 0.15) is 11.2 Å². The Labute approximate surface area is 172 Å². The van der Waals surface area contributed by atoms with E-state index in [1.54, 1.807) is 14.1 Å². The van der Waals surface area contributed by atoms with E-state index in [9.17, 15) is 13.2 Å². The maximum absolute atomic E-state index is 12.8. The maximum Gasteiger partial charge on any atom is 0.285 e. The number of hydrogen-bond acceptors (Lipinski definition) is 4. The van der Waals surface area contributed by atoms with Crippen LogP contribution in [0.5, 0.6) is 0 Å². The molecule has 1 fully saturated rings. The van der Waals surface area contributed by atoms with Crippen molar-refractivity contribution in [3.05, 3.63) is 28.8 Å². The first-order valence-electron chi connectivity index (χ1n) is 9.07. The van der Waals surface area contributed by atoms with Crippen molar-refractivity contribution >= 4 is 33.9 Å². The van der Waals surface area contributed by atoms with Crippen molar-refractivity contribution in [3.8, 4) is 0 Å². The van der Waals surface area contributed by atoms with Crippen molar-refractivity contribution in [3.63, 3.8) is 0 Å². The molecule has 0 bridgehead atoms. The van der Waals surface area contributed by atoms with Gasteiger partial charge in [0.25, 0.3) is 15.9 Å². The number of rotatable bonds is 5. The molecule has 7 nitrogen and oxygen atoms in total. The first-order valence-corrected chi connectivity index (χ1v) is 10.9. The highest BCUT2D eigenvalue weighted by molar-refractivity contribution is 7.90. The van der Waals surface area contributed by atoms with Crippen LogP contribution in [0.25, 0.3) is 0 Å². The summed E-state index contributed by atoms with van der Waals surface area (Å²) in [5.41, 5.74) is 0.00152. The average Bonchev–Trinajstić information content (AvgIpc) is 2.50. The molecule has 0 spiro atoms. The summed E-state index contributed by atoms with van der Waals surface area (Å²) in [6.07, 6.45) is 2.72. The summed E-state index contributed by atoms with van der Waals surface area (Å²) >= 11 is 6.06. The number of amides is 1. The second kappa shape index (κ2) is 8.00. The van der Waals surface area contributed by atoms with Crippen LogP contribution in [-0.2, 0) is 10.0 Å². The van der Waals surface area contributed by atoms with Crippen molar-refractivity contribution in [1.29, 1.82) is 0 Å². The summed E-state index contributed by atoms with van der Waals surface area (Å²) in [6, 6.07) is 4.17. The van der Waals surface area contributed by atoms with Gasteiger partial charge in [-0.3, -0.25) is 4.79 Å². The molecule has 1 heterocycles. The number of piperidine rings is 1. The van der Waals surface area contributed by atoms with Gasteiger partial charge in [0.2, 0.25) is 0 Å². The Morgan fingerprint density at radius 3 is 2.36 bits per heavy atom. The van der Waals surface area contributed by atoms with Gasteiger partial charge in [0, 0.05) is 36.8 Å². The van der Waals surface area contributed by atoms with Crippen LogP contribution in [0.15, 0.2) is 27.5 Å². The second-order valence-electron chi connectivity index (χ2n) is 8.78. The highest BCUT2D eigenvalue weighted by atomic mass is 35.5. The molecule has 1 aromatic rings. The van der Waals surface area contributed by atoms with Gasteiger partial charge in [-0.1, -0.05) is 11.6 Å². The maximum atomic E-state index is 12.8. The van der Waals surface area contributed by atoms with Crippen LogP contribution in [0.1, 0.15) is 50.9 Å². The summed E-state index contributed by atoms with van der Waals surface area (Å²) in [6.45, 7) is 8.40. The van der Waals surface area contributed by atoms with Gasteiger partial charge in [-0.2, -0.15) is 8.42 Å². The largest absolute Gasteiger partial charge is 0.368 e. The third kappa shape index (κ3) is 5.93. The molecule has 1 saturated heterocycles. The Hall–Kier alpha value is -1.64. The zero-order valence-corrected chi connectivity index (χ0v) is 18.8. The van der Waals surface area contributed by atoms with Crippen LogP contribution in [-0.4, -0.2) is 56.8 Å². The van der Waals surface area contributed by atoms with E-state index >= 15 is 0 Å². The van der Waals surface area contributed by atoms with Crippen LogP contribution in [0.4, 0.5) is 0 Å². The summed E-state index contributed by atoms with van der Waals surface area (Å²) in [7, 11) is -0.688. The molecule has 1 aromatic carbocycles. The van der Waals surface area contributed by atoms with Crippen LogP contribution < -0.4 is 10.6 Å². The van der Waals surface area contributed by atoms with E-state index in [4.69, 9.17) is 11.6 Å². The molecule has 2 rings (SSSR count). The lowest BCUT2D eigenvalue weighted by Gasteiger charge is -2.46. The van der Waals surface area contributed by atoms with Gasteiger partial charge in [-0.15, -0.1) is 4.40 Å². The van der Waals surface area contributed by atoms with Crippen molar-refractivity contribution in [2.45, 2.75) is 62.6 Å². The quantitative estimate of drug-likeness (QED) is 0.555. The first-order chi connectivity index (χ1) is 12.7. The van der Waals surface area contributed by atoms with Crippen molar-refractivity contribution in [2.75, 3.05) is 14.1 Å². The molecule has 0 atom stereocenters. The van der Waals surface area contributed by atoms with Gasteiger partial charge >= 0.3 is 0 Å². The lowest BCUT2D eigenvalue weighted by atomic mass is 9.79. The van der Waals surface area contributed by atoms with Crippen molar-refractivity contribution < 1.29 is 13.2 Å². The van der Waals surface area contributed by atoms with E-state index in [0.29, 0.717) is 0 Å². The molecule has 0 radical (unpaired) electrons. The molecule has 2 N–H and O–H groups in total. The fraction of sp³-hybridized carbons (Fsp3) is 0.579. The predicted molar refractivity (Wildman–Crippen MR) is 113 cm³/mol. The minimum atomic E-state index is -4.01. The molecular weight excluding hydrogens is 400 g/mol. The van der Waals surface area contributed by atoms with E-state index in [0.717, 1.165) is 12.8 Å². The molecule has 1 aliphatic rings. The number of hydrogen-bond donors (Lipinski definition) is 2. The topological polar surface area (TPSA) is 90.9 Å². The minimum Gasteiger partial charge on any atom is -0.368 e. The van der Waals surface area contributed by atoms with Gasteiger partial charge in [0.05, 0.1) is 5.02 Å². The molecule has 0 saturated carbocycles. The highest BCUT2D eigenvalue weighted by Gasteiger charge is 2.38. The van der Waals surface area contributed by atoms with Gasteiger partial charge in [-0.25, -0.2) is 0 Å². The van der Waals surface area contributed by atoms with Crippen LogP contribution in [0, 0.1) is 0 Å². The van der Waals surface area contributed by atoms with Gasteiger partial charge in [0.15, 0.2) is 0 Å². The van der Waals surface area contributed by atoms with Gasteiger partial charge in [-0.05, 0) is 58.7 Å². The third-order valence-corrected chi connectivity index (χ3v) is 6.12. The summed E-state index contributed by atoms with van der Waals surface area (Å²) < 4.78 is 28.5. The van der Waals surface area contributed by atoms with E-state index in [2.05, 4.69) is 42.7 Å². The average molecular weight is 429 g/mol. The molecule has 1 aliphatic heterocycles. The van der Waals surface area contributed by atoms with E-state index in [1.165, 1.54) is 29.4 Å². The Bertz CT molecular complexity index is 863.